The number of hydrogen-bond acceptors (Lipinski definition) is 2. The SMILES string of the molecule is CC=C=CC(C)(C)C(=O)N(CC#Cc1ccc(OC)cc1)Cc1ccccc1. The number of amides is 1. The van der Waals surface area contributed by atoms with E-state index >= 15 is 0 Å². The first kappa shape index (κ1) is 21.1. The third-order valence-electron chi connectivity index (χ3n) is 4.26. The van der Waals surface area contributed by atoms with Gasteiger partial charge in [-0.3, -0.25) is 4.79 Å². The van der Waals surface area contributed by atoms with Crippen molar-refractivity contribution in [2.24, 2.45) is 5.41 Å². The van der Waals surface area contributed by atoms with E-state index in [9.17, 15) is 4.79 Å². The molecule has 0 radical (unpaired) electrons. The van der Waals surface area contributed by atoms with Crippen molar-refractivity contribution < 1.29 is 9.53 Å². The average Bonchev–Trinajstić information content (AvgIpc) is 2.72. The number of carbonyl (C=O) groups excluding carboxylic acids is 1. The molecule has 28 heavy (non-hydrogen) atoms. The van der Waals surface area contributed by atoms with E-state index in [2.05, 4.69) is 17.6 Å². The minimum atomic E-state index is -0.650. The lowest BCUT2D eigenvalue weighted by atomic mass is 9.91. The van der Waals surface area contributed by atoms with Gasteiger partial charge in [-0.05, 0) is 62.8 Å². The molecule has 1 amide bonds. The quantitative estimate of drug-likeness (QED) is 0.536. The van der Waals surface area contributed by atoms with Gasteiger partial charge in [-0.2, -0.15) is 0 Å². The number of ether oxygens (including phenoxy) is 1. The molecular weight excluding hydrogens is 346 g/mol. The monoisotopic (exact) mass is 373 g/mol. The Hall–Kier alpha value is -3.21. The van der Waals surface area contributed by atoms with E-state index < -0.39 is 5.41 Å². The summed E-state index contributed by atoms with van der Waals surface area (Å²) in [5.41, 5.74) is 4.35. The van der Waals surface area contributed by atoms with Crippen molar-refractivity contribution in [1.82, 2.24) is 4.90 Å². The first-order chi connectivity index (χ1) is 13.5. The van der Waals surface area contributed by atoms with Crippen LogP contribution in [0.2, 0.25) is 0 Å². The first-order valence-electron chi connectivity index (χ1n) is 9.31. The molecule has 0 aliphatic heterocycles. The van der Waals surface area contributed by atoms with Crippen LogP contribution in [0.25, 0.3) is 0 Å². The summed E-state index contributed by atoms with van der Waals surface area (Å²) in [6, 6.07) is 17.5. The van der Waals surface area contributed by atoms with Crippen LogP contribution in [0.5, 0.6) is 5.75 Å². The van der Waals surface area contributed by atoms with Crippen LogP contribution in [0.4, 0.5) is 0 Å². The molecule has 144 valence electrons. The van der Waals surface area contributed by atoms with E-state index in [-0.39, 0.29) is 5.91 Å². The van der Waals surface area contributed by atoms with Crippen LogP contribution >= 0.6 is 0 Å². The molecule has 3 heteroatoms. The molecule has 0 N–H and O–H groups in total. The number of benzene rings is 2. The zero-order valence-electron chi connectivity index (χ0n) is 17.0. The molecule has 2 rings (SSSR count). The van der Waals surface area contributed by atoms with E-state index in [0.717, 1.165) is 16.9 Å². The molecule has 3 nitrogen and oxygen atoms in total. The summed E-state index contributed by atoms with van der Waals surface area (Å²) in [5.74, 6) is 7.09. The average molecular weight is 373 g/mol. The third kappa shape index (κ3) is 6.20. The molecular formula is C25H27NO2. The zero-order chi connectivity index (χ0) is 20.4. The Morgan fingerprint density at radius 1 is 1.11 bits per heavy atom. The predicted molar refractivity (Wildman–Crippen MR) is 114 cm³/mol. The minimum Gasteiger partial charge on any atom is -0.497 e. The Morgan fingerprint density at radius 2 is 1.79 bits per heavy atom. The van der Waals surface area contributed by atoms with Gasteiger partial charge in [0.25, 0.3) is 0 Å². The van der Waals surface area contributed by atoms with Crippen molar-refractivity contribution in [2.45, 2.75) is 27.3 Å². The fraction of sp³-hybridized carbons (Fsp3) is 0.280. The van der Waals surface area contributed by atoms with Crippen LogP contribution in [0.3, 0.4) is 0 Å². The summed E-state index contributed by atoms with van der Waals surface area (Å²) in [5, 5.41) is 0. The summed E-state index contributed by atoms with van der Waals surface area (Å²) in [6.45, 7) is 6.57. The van der Waals surface area contributed by atoms with Crippen LogP contribution in [-0.4, -0.2) is 24.5 Å². The number of rotatable bonds is 6. The van der Waals surface area contributed by atoms with Gasteiger partial charge in [-0.15, -0.1) is 5.73 Å². The van der Waals surface area contributed by atoms with Crippen LogP contribution in [0, 0.1) is 17.3 Å². The molecule has 0 bridgehead atoms. The van der Waals surface area contributed by atoms with Crippen LogP contribution in [0.15, 0.2) is 72.5 Å². The van der Waals surface area contributed by atoms with Crippen LogP contribution in [0.1, 0.15) is 31.9 Å². The highest BCUT2D eigenvalue weighted by Gasteiger charge is 2.29. The maximum atomic E-state index is 13.2. The van der Waals surface area contributed by atoms with E-state index in [0.29, 0.717) is 13.1 Å². The van der Waals surface area contributed by atoms with Gasteiger partial charge in [0.15, 0.2) is 0 Å². The molecule has 2 aromatic carbocycles. The molecule has 0 saturated heterocycles. The first-order valence-corrected chi connectivity index (χ1v) is 9.31. The number of nitrogens with zero attached hydrogens (tertiary/aromatic N) is 1. The minimum absolute atomic E-state index is 0.0229. The molecule has 0 atom stereocenters. The van der Waals surface area contributed by atoms with E-state index in [1.807, 2.05) is 81.4 Å². The Balaban J connectivity index is 2.21. The van der Waals surface area contributed by atoms with Crippen LogP contribution in [-0.2, 0) is 11.3 Å². The smallest absolute Gasteiger partial charge is 0.233 e. The molecule has 0 aliphatic rings. The van der Waals surface area contributed by atoms with Crippen molar-refractivity contribution in [1.29, 1.82) is 0 Å². The summed E-state index contributed by atoms with van der Waals surface area (Å²) >= 11 is 0. The summed E-state index contributed by atoms with van der Waals surface area (Å²) in [6.07, 6.45) is 3.62. The van der Waals surface area contributed by atoms with Gasteiger partial charge in [0, 0.05) is 12.1 Å². The van der Waals surface area contributed by atoms with Gasteiger partial charge in [-0.25, -0.2) is 0 Å². The maximum Gasteiger partial charge on any atom is 0.233 e. The Bertz CT molecular complexity index is 893. The second-order valence-corrected chi connectivity index (χ2v) is 7.00. The lowest BCUT2D eigenvalue weighted by Gasteiger charge is -2.28. The highest BCUT2D eigenvalue weighted by Crippen LogP contribution is 2.22. The normalized spacial score (nSPS) is 10.1. The van der Waals surface area contributed by atoms with Gasteiger partial charge < -0.3 is 9.64 Å². The number of carbonyl (C=O) groups is 1. The summed E-state index contributed by atoms with van der Waals surface area (Å²) in [7, 11) is 1.64. The van der Waals surface area contributed by atoms with Crippen molar-refractivity contribution >= 4 is 5.91 Å². The van der Waals surface area contributed by atoms with Gasteiger partial charge in [0.1, 0.15) is 5.75 Å². The second-order valence-electron chi connectivity index (χ2n) is 7.00. The van der Waals surface area contributed by atoms with Crippen molar-refractivity contribution in [3.8, 4) is 17.6 Å². The van der Waals surface area contributed by atoms with Crippen LogP contribution < -0.4 is 4.74 Å². The molecule has 0 unspecified atom stereocenters. The predicted octanol–water partition coefficient (Wildman–Crippen LogP) is 4.83. The van der Waals surface area contributed by atoms with E-state index in [1.54, 1.807) is 18.1 Å². The molecule has 0 fully saturated rings. The topological polar surface area (TPSA) is 29.5 Å². The molecule has 0 saturated carbocycles. The Morgan fingerprint density at radius 3 is 2.39 bits per heavy atom. The number of hydrogen-bond donors (Lipinski definition) is 0. The molecule has 2 aromatic rings. The fourth-order valence-corrected chi connectivity index (χ4v) is 2.68. The third-order valence-corrected chi connectivity index (χ3v) is 4.26. The van der Waals surface area contributed by atoms with Gasteiger partial charge >= 0.3 is 0 Å². The fourth-order valence-electron chi connectivity index (χ4n) is 2.68. The lowest BCUT2D eigenvalue weighted by Crippen LogP contribution is -2.39. The Kier molecular flexibility index (Phi) is 7.69. The molecule has 0 heterocycles. The van der Waals surface area contributed by atoms with Gasteiger partial charge in [0.2, 0.25) is 5.91 Å². The molecule has 0 spiro atoms. The van der Waals surface area contributed by atoms with Crippen molar-refractivity contribution in [3.05, 3.63) is 83.6 Å². The van der Waals surface area contributed by atoms with E-state index in [4.69, 9.17) is 4.74 Å². The van der Waals surface area contributed by atoms with Gasteiger partial charge in [-0.1, -0.05) is 42.2 Å². The number of methoxy groups -OCH3 is 1. The lowest BCUT2D eigenvalue weighted by molar-refractivity contribution is -0.137. The van der Waals surface area contributed by atoms with E-state index in [1.165, 1.54) is 0 Å². The summed E-state index contributed by atoms with van der Waals surface area (Å²) in [4.78, 5) is 14.9. The van der Waals surface area contributed by atoms with Crippen molar-refractivity contribution in [2.75, 3.05) is 13.7 Å². The van der Waals surface area contributed by atoms with Crippen molar-refractivity contribution in [3.63, 3.8) is 0 Å². The largest absolute Gasteiger partial charge is 0.497 e. The highest BCUT2D eigenvalue weighted by atomic mass is 16.5. The highest BCUT2D eigenvalue weighted by molar-refractivity contribution is 5.84. The molecule has 0 aliphatic carbocycles. The molecule has 0 aromatic heterocycles. The maximum absolute atomic E-state index is 13.2. The zero-order valence-corrected chi connectivity index (χ0v) is 17.0. The van der Waals surface area contributed by atoms with Gasteiger partial charge in [0.05, 0.1) is 19.1 Å². The standard InChI is InChI=1S/C25H27NO2/c1-5-6-18-25(2,3)24(27)26(20-22-11-8-7-9-12-22)19-10-13-21-14-16-23(28-4)17-15-21/h5,7-9,11-12,14-18H,19-20H2,1-4H3. The second kappa shape index (κ2) is 10.2. The summed E-state index contributed by atoms with van der Waals surface area (Å²) < 4.78 is 5.17. The Labute approximate surface area is 168 Å².